The minimum Gasteiger partial charge on any atom is -0.496 e. The summed E-state index contributed by atoms with van der Waals surface area (Å²) < 4.78 is 21.6. The van der Waals surface area contributed by atoms with Gasteiger partial charge in [0.15, 0.2) is 11.6 Å². The molecule has 2 aliphatic heterocycles. The zero-order valence-corrected chi connectivity index (χ0v) is 19.4. The third kappa shape index (κ3) is 4.01. The van der Waals surface area contributed by atoms with Crippen molar-refractivity contribution in [2.45, 2.75) is 18.9 Å². The third-order valence-corrected chi connectivity index (χ3v) is 6.88. The van der Waals surface area contributed by atoms with E-state index >= 15 is 0 Å². The quantitative estimate of drug-likeness (QED) is 0.475. The van der Waals surface area contributed by atoms with E-state index in [1.807, 2.05) is 18.3 Å². The molecule has 1 aromatic carbocycles. The second-order valence-electron chi connectivity index (χ2n) is 8.93. The number of rotatable bonds is 5. The number of methoxy groups -OCH3 is 1. The van der Waals surface area contributed by atoms with Gasteiger partial charge in [-0.3, -0.25) is 0 Å². The first kappa shape index (κ1) is 21.7. The summed E-state index contributed by atoms with van der Waals surface area (Å²) in [5, 5.41) is 8.06. The number of pyridine rings is 1. The summed E-state index contributed by atoms with van der Waals surface area (Å²) in [6.45, 7) is 3.11. The van der Waals surface area contributed by atoms with Crippen LogP contribution in [0.4, 0.5) is 10.2 Å². The SMILES string of the molecule is COc1cccc(F)c1-c1nccc(-c2cnn(-c3cccc(N4CCC[C@@H]5CNC[C@@H]54)n3)c2)n1. The van der Waals surface area contributed by atoms with Gasteiger partial charge in [-0.25, -0.2) is 24.0 Å². The van der Waals surface area contributed by atoms with Crippen LogP contribution in [-0.2, 0) is 0 Å². The Balaban J connectivity index is 1.30. The highest BCUT2D eigenvalue weighted by atomic mass is 19.1. The molecule has 2 atom stereocenters. The number of ether oxygens (including phenoxy) is 1. The fourth-order valence-corrected chi connectivity index (χ4v) is 5.16. The van der Waals surface area contributed by atoms with E-state index in [9.17, 15) is 4.39 Å². The van der Waals surface area contributed by atoms with Crippen LogP contribution in [0.5, 0.6) is 5.75 Å². The first-order valence-corrected chi connectivity index (χ1v) is 11.9. The second kappa shape index (κ2) is 9.07. The fourth-order valence-electron chi connectivity index (χ4n) is 5.16. The van der Waals surface area contributed by atoms with Crippen molar-refractivity contribution in [2.75, 3.05) is 31.6 Å². The Kier molecular flexibility index (Phi) is 5.61. The van der Waals surface area contributed by atoms with E-state index in [1.165, 1.54) is 26.0 Å². The molecule has 0 spiro atoms. The van der Waals surface area contributed by atoms with Gasteiger partial charge in [0.1, 0.15) is 17.4 Å². The van der Waals surface area contributed by atoms with Crippen LogP contribution in [0.2, 0.25) is 0 Å². The number of aromatic nitrogens is 5. The highest BCUT2D eigenvalue weighted by molar-refractivity contribution is 5.68. The number of hydrogen-bond donors (Lipinski definition) is 1. The lowest BCUT2D eigenvalue weighted by Gasteiger charge is -2.38. The zero-order chi connectivity index (χ0) is 23.8. The zero-order valence-electron chi connectivity index (χ0n) is 19.4. The van der Waals surface area contributed by atoms with Crippen molar-refractivity contribution in [2.24, 2.45) is 5.92 Å². The average molecular weight is 472 g/mol. The number of nitrogens with zero attached hydrogens (tertiary/aromatic N) is 6. The van der Waals surface area contributed by atoms with Crippen LogP contribution < -0.4 is 15.0 Å². The maximum absolute atomic E-state index is 14.6. The molecule has 1 N–H and O–H groups in total. The topological polar surface area (TPSA) is 81.0 Å². The van der Waals surface area contributed by atoms with Crippen LogP contribution in [0.3, 0.4) is 0 Å². The lowest BCUT2D eigenvalue weighted by atomic mass is 9.92. The van der Waals surface area contributed by atoms with Crippen LogP contribution in [0.1, 0.15) is 12.8 Å². The van der Waals surface area contributed by atoms with E-state index in [0.717, 1.165) is 36.8 Å². The molecule has 6 rings (SSSR count). The molecule has 0 unspecified atom stereocenters. The van der Waals surface area contributed by atoms with Gasteiger partial charge in [0.2, 0.25) is 0 Å². The van der Waals surface area contributed by atoms with Crippen LogP contribution in [0.15, 0.2) is 61.1 Å². The van der Waals surface area contributed by atoms with Gasteiger partial charge in [-0.2, -0.15) is 5.10 Å². The molecule has 0 bridgehead atoms. The van der Waals surface area contributed by atoms with Crippen LogP contribution in [-0.4, -0.2) is 57.5 Å². The summed E-state index contributed by atoms with van der Waals surface area (Å²) in [5.74, 6) is 2.62. The van der Waals surface area contributed by atoms with Crippen LogP contribution >= 0.6 is 0 Å². The highest BCUT2D eigenvalue weighted by Crippen LogP contribution is 2.32. The Morgan fingerprint density at radius 2 is 1.94 bits per heavy atom. The Morgan fingerprint density at radius 3 is 2.86 bits per heavy atom. The lowest BCUT2D eigenvalue weighted by molar-refractivity contribution is 0.383. The monoisotopic (exact) mass is 471 g/mol. The number of benzene rings is 1. The molecule has 178 valence electrons. The second-order valence-corrected chi connectivity index (χ2v) is 8.93. The molecule has 5 heterocycles. The summed E-state index contributed by atoms with van der Waals surface area (Å²) in [4.78, 5) is 16.2. The summed E-state index contributed by atoms with van der Waals surface area (Å²) in [6, 6.07) is 13.0. The largest absolute Gasteiger partial charge is 0.496 e. The molecule has 2 saturated heterocycles. The molecule has 3 aromatic heterocycles. The molecule has 2 fully saturated rings. The van der Waals surface area contributed by atoms with Crippen molar-refractivity contribution < 1.29 is 9.13 Å². The van der Waals surface area contributed by atoms with Crippen molar-refractivity contribution in [3.05, 3.63) is 66.9 Å². The molecule has 4 aromatic rings. The van der Waals surface area contributed by atoms with Crippen molar-refractivity contribution in [3.8, 4) is 34.2 Å². The van der Waals surface area contributed by atoms with Gasteiger partial charge in [0, 0.05) is 43.6 Å². The minimum absolute atomic E-state index is 0.236. The smallest absolute Gasteiger partial charge is 0.166 e. The van der Waals surface area contributed by atoms with E-state index in [2.05, 4.69) is 31.3 Å². The molecule has 35 heavy (non-hydrogen) atoms. The summed E-state index contributed by atoms with van der Waals surface area (Å²) >= 11 is 0. The molecule has 8 nitrogen and oxygen atoms in total. The molecule has 0 aliphatic carbocycles. The molecule has 2 aliphatic rings. The average Bonchev–Trinajstić information content (AvgIpc) is 3.59. The van der Waals surface area contributed by atoms with Gasteiger partial charge in [-0.05, 0) is 49.1 Å². The number of hydrogen-bond acceptors (Lipinski definition) is 7. The molecule has 9 heteroatoms. The van der Waals surface area contributed by atoms with Gasteiger partial charge in [0.25, 0.3) is 0 Å². The van der Waals surface area contributed by atoms with E-state index in [0.29, 0.717) is 23.4 Å². The Labute approximate surface area is 202 Å². The molecular weight excluding hydrogens is 445 g/mol. The number of fused-ring (bicyclic) bond motifs is 1. The number of halogens is 1. The van der Waals surface area contributed by atoms with E-state index < -0.39 is 5.82 Å². The highest BCUT2D eigenvalue weighted by Gasteiger charge is 2.35. The summed E-state index contributed by atoms with van der Waals surface area (Å²) in [5.41, 5.74) is 1.66. The van der Waals surface area contributed by atoms with Crippen LogP contribution in [0, 0.1) is 11.7 Å². The van der Waals surface area contributed by atoms with E-state index in [4.69, 9.17) is 9.72 Å². The summed E-state index contributed by atoms with van der Waals surface area (Å²) in [6.07, 6.45) is 7.69. The number of nitrogens with one attached hydrogen (secondary N) is 1. The van der Waals surface area contributed by atoms with E-state index in [-0.39, 0.29) is 11.4 Å². The van der Waals surface area contributed by atoms with Gasteiger partial charge >= 0.3 is 0 Å². The van der Waals surface area contributed by atoms with E-state index in [1.54, 1.807) is 35.3 Å². The third-order valence-electron chi connectivity index (χ3n) is 6.88. The maximum atomic E-state index is 14.6. The number of piperidine rings is 1. The Hall–Kier alpha value is -3.85. The van der Waals surface area contributed by atoms with Gasteiger partial charge in [0.05, 0.1) is 24.6 Å². The molecule has 0 saturated carbocycles. The molecule has 0 radical (unpaired) electrons. The van der Waals surface area contributed by atoms with Gasteiger partial charge in [-0.1, -0.05) is 12.1 Å². The standard InChI is InChI=1S/C26H26FN7O/c1-35-22-7-2-6-19(27)25(22)26-29-11-10-20(31-26)18-14-30-34(16-18)24-9-3-8-23(32-24)33-12-4-5-17-13-28-15-21(17)33/h2-3,6-11,14,16-17,21,28H,4-5,12-13,15H2,1H3/t17-,21+/m1/s1. The van der Waals surface area contributed by atoms with Crippen molar-refractivity contribution in [1.29, 1.82) is 0 Å². The lowest BCUT2D eigenvalue weighted by Crippen LogP contribution is -2.45. The first-order chi connectivity index (χ1) is 17.2. The van der Waals surface area contributed by atoms with Crippen LogP contribution in [0.25, 0.3) is 28.5 Å². The minimum atomic E-state index is -0.435. The normalized spacial score (nSPS) is 19.5. The molecule has 0 amide bonds. The maximum Gasteiger partial charge on any atom is 0.166 e. The first-order valence-electron chi connectivity index (χ1n) is 11.9. The predicted molar refractivity (Wildman–Crippen MR) is 131 cm³/mol. The molecular formula is C26H26FN7O. The van der Waals surface area contributed by atoms with Crippen molar-refractivity contribution in [3.63, 3.8) is 0 Å². The predicted octanol–water partition coefficient (Wildman–Crippen LogP) is 3.73. The Bertz CT molecular complexity index is 1360. The number of anilines is 1. The van der Waals surface area contributed by atoms with Crippen molar-refractivity contribution >= 4 is 5.82 Å². The van der Waals surface area contributed by atoms with Gasteiger partial charge in [-0.15, -0.1) is 0 Å². The summed E-state index contributed by atoms with van der Waals surface area (Å²) in [7, 11) is 1.50. The van der Waals surface area contributed by atoms with Crippen molar-refractivity contribution in [1.82, 2.24) is 30.0 Å². The Morgan fingerprint density at radius 1 is 1.06 bits per heavy atom. The van der Waals surface area contributed by atoms with Gasteiger partial charge < -0.3 is 15.0 Å². The fraction of sp³-hybridized carbons (Fsp3) is 0.308.